The number of amides is 1. The minimum atomic E-state index is -0.650. The number of pyridine rings is 1. The Morgan fingerprint density at radius 1 is 0.853 bits per heavy atom. The fourth-order valence-corrected chi connectivity index (χ4v) is 2.93. The highest BCUT2D eigenvalue weighted by molar-refractivity contribution is 5.95. The monoisotopic (exact) mass is 465 g/mol. The van der Waals surface area contributed by atoms with Gasteiger partial charge in [0.15, 0.2) is 23.0 Å². The summed E-state index contributed by atoms with van der Waals surface area (Å²) in [7, 11) is 5.82. The fourth-order valence-electron chi connectivity index (χ4n) is 2.93. The first-order valence-corrected chi connectivity index (χ1v) is 9.94. The largest absolute Gasteiger partial charge is 0.493 e. The summed E-state index contributed by atoms with van der Waals surface area (Å²) < 4.78 is 26.7. The van der Waals surface area contributed by atoms with Crippen molar-refractivity contribution in [3.8, 4) is 28.7 Å². The average molecular weight is 465 g/mol. The number of esters is 1. The van der Waals surface area contributed by atoms with Crippen LogP contribution in [-0.2, 0) is 0 Å². The molecule has 1 aromatic heterocycles. The number of aromatic nitrogens is 1. The van der Waals surface area contributed by atoms with Gasteiger partial charge in [-0.3, -0.25) is 9.78 Å². The summed E-state index contributed by atoms with van der Waals surface area (Å²) in [6.45, 7) is 0. The molecule has 0 saturated carbocycles. The van der Waals surface area contributed by atoms with E-state index in [-0.39, 0.29) is 11.3 Å². The third kappa shape index (κ3) is 5.60. The molecule has 10 nitrogen and oxygen atoms in total. The molecular formula is C24H23N3O7. The van der Waals surface area contributed by atoms with Crippen molar-refractivity contribution in [2.45, 2.75) is 0 Å². The maximum absolute atomic E-state index is 12.8. The number of ether oxygens (including phenoxy) is 5. The zero-order valence-electron chi connectivity index (χ0n) is 19.0. The first-order valence-electron chi connectivity index (χ1n) is 9.94. The molecule has 0 spiro atoms. The zero-order valence-corrected chi connectivity index (χ0v) is 19.0. The van der Waals surface area contributed by atoms with Gasteiger partial charge in [0.25, 0.3) is 5.91 Å². The molecule has 1 heterocycles. The van der Waals surface area contributed by atoms with E-state index >= 15 is 0 Å². The van der Waals surface area contributed by atoms with Gasteiger partial charge in [0.2, 0.25) is 5.75 Å². The van der Waals surface area contributed by atoms with Crippen LogP contribution in [0.2, 0.25) is 0 Å². The Hall–Kier alpha value is -4.60. The second-order valence-electron chi connectivity index (χ2n) is 6.65. The Bertz CT molecular complexity index is 1170. The molecule has 0 aliphatic heterocycles. The van der Waals surface area contributed by atoms with Crippen LogP contribution in [0.5, 0.6) is 28.7 Å². The van der Waals surface area contributed by atoms with E-state index < -0.39 is 11.9 Å². The molecule has 1 N–H and O–H groups in total. The Morgan fingerprint density at radius 3 is 2.15 bits per heavy atom. The van der Waals surface area contributed by atoms with E-state index in [1.54, 1.807) is 36.5 Å². The first-order chi connectivity index (χ1) is 16.5. The number of carbonyl (C=O) groups excluding carboxylic acids is 2. The molecule has 0 saturated heterocycles. The molecule has 0 radical (unpaired) electrons. The third-order valence-corrected chi connectivity index (χ3v) is 4.59. The molecule has 3 rings (SSSR count). The van der Waals surface area contributed by atoms with E-state index in [1.165, 1.54) is 53.0 Å². The van der Waals surface area contributed by atoms with Crippen LogP contribution in [0.15, 0.2) is 60.0 Å². The van der Waals surface area contributed by atoms with Crippen LogP contribution in [0, 0.1) is 0 Å². The number of methoxy groups -OCH3 is 4. The summed E-state index contributed by atoms with van der Waals surface area (Å²) in [4.78, 5) is 28.7. The van der Waals surface area contributed by atoms with E-state index in [2.05, 4.69) is 15.5 Å². The SMILES string of the molecule is COc1cc(C=NNC(=O)c2cccnc2)ccc1OC(=O)c1cc(OC)c(OC)c(OC)c1. The van der Waals surface area contributed by atoms with Crippen LogP contribution < -0.4 is 29.1 Å². The van der Waals surface area contributed by atoms with Crippen molar-refractivity contribution in [2.75, 3.05) is 28.4 Å². The highest BCUT2D eigenvalue weighted by Crippen LogP contribution is 2.38. The van der Waals surface area contributed by atoms with E-state index in [0.29, 0.717) is 34.1 Å². The van der Waals surface area contributed by atoms with E-state index in [1.807, 2.05) is 0 Å². The fraction of sp³-hybridized carbons (Fsp3) is 0.167. The van der Waals surface area contributed by atoms with Crippen LogP contribution in [-0.4, -0.2) is 51.5 Å². The number of hydrogen-bond donors (Lipinski definition) is 1. The van der Waals surface area contributed by atoms with Gasteiger partial charge in [-0.05, 0) is 48.0 Å². The van der Waals surface area contributed by atoms with Crippen molar-refractivity contribution in [2.24, 2.45) is 5.10 Å². The molecular weight excluding hydrogens is 442 g/mol. The molecule has 2 aromatic carbocycles. The predicted octanol–water partition coefficient (Wildman–Crippen LogP) is 3.10. The smallest absolute Gasteiger partial charge is 0.343 e. The second-order valence-corrected chi connectivity index (χ2v) is 6.65. The van der Waals surface area contributed by atoms with Crippen molar-refractivity contribution in [3.63, 3.8) is 0 Å². The average Bonchev–Trinajstić information content (AvgIpc) is 2.88. The lowest BCUT2D eigenvalue weighted by Gasteiger charge is -2.14. The van der Waals surface area contributed by atoms with E-state index in [0.717, 1.165) is 0 Å². The molecule has 0 aliphatic carbocycles. The highest BCUT2D eigenvalue weighted by Gasteiger charge is 2.19. The van der Waals surface area contributed by atoms with Crippen molar-refractivity contribution >= 4 is 18.1 Å². The number of rotatable bonds is 9. The molecule has 34 heavy (non-hydrogen) atoms. The lowest BCUT2D eigenvalue weighted by molar-refractivity contribution is 0.0728. The number of hydrazone groups is 1. The summed E-state index contributed by atoms with van der Waals surface area (Å²) >= 11 is 0. The molecule has 3 aromatic rings. The van der Waals surface area contributed by atoms with Gasteiger partial charge in [-0.2, -0.15) is 5.10 Å². The summed E-state index contributed by atoms with van der Waals surface area (Å²) in [6.07, 6.45) is 4.44. The van der Waals surface area contributed by atoms with Gasteiger partial charge in [-0.15, -0.1) is 0 Å². The van der Waals surface area contributed by atoms with Gasteiger partial charge in [0.05, 0.1) is 45.8 Å². The molecule has 0 unspecified atom stereocenters. The normalized spacial score (nSPS) is 10.5. The number of benzene rings is 2. The first kappa shape index (κ1) is 24.1. The molecule has 10 heteroatoms. The van der Waals surface area contributed by atoms with Crippen LogP contribution in [0.3, 0.4) is 0 Å². The number of nitrogens with zero attached hydrogens (tertiary/aromatic N) is 2. The van der Waals surface area contributed by atoms with Crippen LogP contribution in [0.25, 0.3) is 0 Å². The van der Waals surface area contributed by atoms with Gasteiger partial charge in [0, 0.05) is 12.4 Å². The Kier molecular flexibility index (Phi) is 8.01. The lowest BCUT2D eigenvalue weighted by atomic mass is 10.1. The number of carbonyl (C=O) groups is 2. The van der Waals surface area contributed by atoms with Gasteiger partial charge in [-0.1, -0.05) is 0 Å². The maximum atomic E-state index is 12.8. The molecule has 0 atom stereocenters. The van der Waals surface area contributed by atoms with Gasteiger partial charge in [-0.25, -0.2) is 10.2 Å². The minimum absolute atomic E-state index is 0.192. The van der Waals surface area contributed by atoms with E-state index in [9.17, 15) is 9.59 Å². The topological polar surface area (TPSA) is 118 Å². The number of hydrogen-bond acceptors (Lipinski definition) is 9. The lowest BCUT2D eigenvalue weighted by Crippen LogP contribution is -2.17. The van der Waals surface area contributed by atoms with Crippen LogP contribution >= 0.6 is 0 Å². The summed E-state index contributed by atoms with van der Waals surface area (Å²) in [5.74, 6) is 0.441. The Morgan fingerprint density at radius 2 is 1.56 bits per heavy atom. The third-order valence-electron chi connectivity index (χ3n) is 4.59. The van der Waals surface area contributed by atoms with Crippen molar-refractivity contribution in [3.05, 3.63) is 71.5 Å². The molecule has 176 valence electrons. The minimum Gasteiger partial charge on any atom is -0.493 e. The van der Waals surface area contributed by atoms with E-state index in [4.69, 9.17) is 23.7 Å². The molecule has 0 fully saturated rings. The van der Waals surface area contributed by atoms with Gasteiger partial charge < -0.3 is 23.7 Å². The van der Waals surface area contributed by atoms with Crippen molar-refractivity contribution in [1.82, 2.24) is 10.4 Å². The van der Waals surface area contributed by atoms with Crippen molar-refractivity contribution in [1.29, 1.82) is 0 Å². The second kappa shape index (κ2) is 11.3. The summed E-state index contributed by atoms with van der Waals surface area (Å²) in [6, 6.07) is 11.1. The summed E-state index contributed by atoms with van der Waals surface area (Å²) in [5.41, 5.74) is 3.60. The predicted molar refractivity (Wildman–Crippen MR) is 123 cm³/mol. The molecule has 1 amide bonds. The van der Waals surface area contributed by atoms with Gasteiger partial charge in [0.1, 0.15) is 0 Å². The Labute approximate surface area is 196 Å². The summed E-state index contributed by atoms with van der Waals surface area (Å²) in [5, 5.41) is 3.93. The molecule has 0 bridgehead atoms. The molecule has 0 aliphatic rings. The van der Waals surface area contributed by atoms with Crippen LogP contribution in [0.4, 0.5) is 0 Å². The maximum Gasteiger partial charge on any atom is 0.343 e. The van der Waals surface area contributed by atoms with Gasteiger partial charge >= 0.3 is 5.97 Å². The highest BCUT2D eigenvalue weighted by atomic mass is 16.6. The zero-order chi connectivity index (χ0) is 24.5. The number of nitrogens with one attached hydrogen (secondary N) is 1. The van der Waals surface area contributed by atoms with Crippen molar-refractivity contribution < 1.29 is 33.3 Å². The Balaban J connectivity index is 1.75. The standard InChI is InChI=1S/C24H23N3O7/c1-30-19-10-15(13-26-27-23(28)16-6-5-9-25-14-16)7-8-18(19)34-24(29)17-11-20(31-2)22(33-4)21(12-17)32-3/h5-14H,1-4H3,(H,27,28). The van der Waals surface area contributed by atoms with Crippen LogP contribution in [0.1, 0.15) is 26.3 Å². The quantitative estimate of drug-likeness (QED) is 0.222.